The van der Waals surface area contributed by atoms with Crippen LogP contribution in [0, 0.1) is 0 Å². The highest BCUT2D eigenvalue weighted by molar-refractivity contribution is 7.99. The van der Waals surface area contributed by atoms with E-state index in [-0.39, 0.29) is 0 Å². The minimum Gasteiger partial charge on any atom is -0.357 e. The molecular weight excluding hydrogens is 316 g/mol. The maximum atomic E-state index is 4.79. The molecule has 1 heterocycles. The van der Waals surface area contributed by atoms with Crippen LogP contribution in [0.2, 0.25) is 0 Å². The number of likely N-dealkylation sites (tertiary alicyclic amines) is 1. The SMILES string of the molecule is CCNC(=NCCCCCN1CCCCC1)NC1CCC(SC)C1. The van der Waals surface area contributed by atoms with Crippen molar-refractivity contribution in [3.63, 3.8) is 0 Å². The molecule has 1 aliphatic heterocycles. The van der Waals surface area contributed by atoms with Gasteiger partial charge in [-0.15, -0.1) is 0 Å². The minimum absolute atomic E-state index is 0.611. The van der Waals surface area contributed by atoms with Crippen LogP contribution in [0.25, 0.3) is 0 Å². The Balaban J connectivity index is 1.58. The van der Waals surface area contributed by atoms with Gasteiger partial charge in [0.05, 0.1) is 0 Å². The Morgan fingerprint density at radius 3 is 2.67 bits per heavy atom. The summed E-state index contributed by atoms with van der Waals surface area (Å²) in [5.41, 5.74) is 0. The maximum Gasteiger partial charge on any atom is 0.191 e. The molecule has 5 heteroatoms. The van der Waals surface area contributed by atoms with Crippen molar-refractivity contribution in [2.24, 2.45) is 4.99 Å². The predicted octanol–water partition coefficient (Wildman–Crippen LogP) is 3.48. The predicted molar refractivity (Wildman–Crippen MR) is 108 cm³/mol. The highest BCUT2D eigenvalue weighted by Crippen LogP contribution is 2.28. The lowest BCUT2D eigenvalue weighted by atomic mass is 10.1. The van der Waals surface area contributed by atoms with E-state index in [0.717, 1.165) is 24.3 Å². The van der Waals surface area contributed by atoms with Gasteiger partial charge in [0.15, 0.2) is 5.96 Å². The molecule has 2 atom stereocenters. The number of nitrogens with one attached hydrogen (secondary N) is 2. The third-order valence-electron chi connectivity index (χ3n) is 5.25. The Bertz CT molecular complexity index is 355. The topological polar surface area (TPSA) is 39.7 Å². The molecule has 2 N–H and O–H groups in total. The van der Waals surface area contributed by atoms with Crippen LogP contribution >= 0.6 is 11.8 Å². The summed E-state index contributed by atoms with van der Waals surface area (Å²) in [6.45, 7) is 7.99. The molecule has 1 saturated heterocycles. The zero-order valence-electron chi connectivity index (χ0n) is 15.9. The molecule has 0 aromatic heterocycles. The fourth-order valence-electron chi connectivity index (χ4n) is 3.80. The van der Waals surface area contributed by atoms with E-state index < -0.39 is 0 Å². The lowest BCUT2D eigenvalue weighted by molar-refractivity contribution is 0.224. The van der Waals surface area contributed by atoms with Crippen LogP contribution in [0.1, 0.15) is 64.7 Å². The summed E-state index contributed by atoms with van der Waals surface area (Å²) in [5, 5.41) is 7.88. The summed E-state index contributed by atoms with van der Waals surface area (Å²) in [4.78, 5) is 7.43. The van der Waals surface area contributed by atoms with Gasteiger partial charge in [-0.2, -0.15) is 11.8 Å². The number of guanidine groups is 1. The zero-order chi connectivity index (χ0) is 17.0. The first-order chi connectivity index (χ1) is 11.8. The van der Waals surface area contributed by atoms with E-state index in [1.165, 1.54) is 77.4 Å². The van der Waals surface area contributed by atoms with Crippen molar-refractivity contribution in [2.45, 2.75) is 76.0 Å². The van der Waals surface area contributed by atoms with Crippen LogP contribution in [0.15, 0.2) is 4.99 Å². The number of thioether (sulfide) groups is 1. The van der Waals surface area contributed by atoms with Crippen molar-refractivity contribution in [1.82, 2.24) is 15.5 Å². The smallest absolute Gasteiger partial charge is 0.191 e. The van der Waals surface area contributed by atoms with E-state index >= 15 is 0 Å². The Kier molecular flexibility index (Phi) is 9.96. The molecule has 2 rings (SSSR count). The van der Waals surface area contributed by atoms with E-state index in [1.54, 1.807) is 0 Å². The molecule has 2 unspecified atom stereocenters. The van der Waals surface area contributed by atoms with Crippen molar-refractivity contribution in [3.05, 3.63) is 0 Å². The molecule has 0 aromatic carbocycles. The number of hydrogen-bond acceptors (Lipinski definition) is 3. The van der Waals surface area contributed by atoms with Gasteiger partial charge >= 0.3 is 0 Å². The zero-order valence-corrected chi connectivity index (χ0v) is 16.7. The van der Waals surface area contributed by atoms with Crippen LogP contribution in [0.3, 0.4) is 0 Å². The summed E-state index contributed by atoms with van der Waals surface area (Å²) in [5.74, 6) is 1.03. The molecule has 24 heavy (non-hydrogen) atoms. The lowest BCUT2D eigenvalue weighted by Crippen LogP contribution is -2.42. The van der Waals surface area contributed by atoms with E-state index in [1.807, 2.05) is 11.8 Å². The molecular formula is C19H38N4S. The third kappa shape index (κ3) is 7.64. The molecule has 2 fully saturated rings. The second-order valence-electron chi connectivity index (χ2n) is 7.24. The van der Waals surface area contributed by atoms with Crippen molar-refractivity contribution in [1.29, 1.82) is 0 Å². The van der Waals surface area contributed by atoms with Crippen molar-refractivity contribution >= 4 is 17.7 Å². The molecule has 1 saturated carbocycles. The number of hydrogen-bond donors (Lipinski definition) is 2. The molecule has 4 nitrogen and oxygen atoms in total. The van der Waals surface area contributed by atoms with Crippen LogP contribution in [0.5, 0.6) is 0 Å². The first kappa shape index (κ1) is 19.9. The first-order valence-corrected chi connectivity index (χ1v) is 11.4. The van der Waals surface area contributed by atoms with Crippen LogP contribution in [-0.4, -0.2) is 61.1 Å². The second-order valence-corrected chi connectivity index (χ2v) is 8.37. The number of piperidine rings is 1. The van der Waals surface area contributed by atoms with Gasteiger partial charge in [-0.3, -0.25) is 4.99 Å². The van der Waals surface area contributed by atoms with Gasteiger partial charge in [-0.05, 0) is 77.8 Å². The Morgan fingerprint density at radius 1 is 1.12 bits per heavy atom. The minimum atomic E-state index is 0.611. The number of nitrogens with zero attached hydrogens (tertiary/aromatic N) is 2. The number of aliphatic imine (C=N–C) groups is 1. The second kappa shape index (κ2) is 12.0. The molecule has 1 aliphatic carbocycles. The quantitative estimate of drug-likeness (QED) is 0.378. The highest BCUT2D eigenvalue weighted by atomic mass is 32.2. The fourth-order valence-corrected chi connectivity index (χ4v) is 4.59. The summed E-state index contributed by atoms with van der Waals surface area (Å²) < 4.78 is 0. The highest BCUT2D eigenvalue weighted by Gasteiger charge is 2.24. The summed E-state index contributed by atoms with van der Waals surface area (Å²) in [6, 6.07) is 0.611. The first-order valence-electron chi connectivity index (χ1n) is 10.1. The van der Waals surface area contributed by atoms with Gasteiger partial charge in [0.2, 0.25) is 0 Å². The maximum absolute atomic E-state index is 4.79. The average molecular weight is 355 g/mol. The number of rotatable bonds is 9. The van der Waals surface area contributed by atoms with Gasteiger partial charge in [0, 0.05) is 24.4 Å². The van der Waals surface area contributed by atoms with E-state index in [2.05, 4.69) is 28.7 Å². The third-order valence-corrected chi connectivity index (χ3v) is 6.35. The molecule has 0 amide bonds. The summed E-state index contributed by atoms with van der Waals surface area (Å²) in [6.07, 6.45) is 14.2. The van der Waals surface area contributed by atoms with E-state index in [9.17, 15) is 0 Å². The molecule has 0 aromatic rings. The lowest BCUT2D eigenvalue weighted by Gasteiger charge is -2.26. The van der Waals surface area contributed by atoms with Gasteiger partial charge in [-0.1, -0.05) is 12.8 Å². The molecule has 140 valence electrons. The normalized spacial score (nSPS) is 25.8. The Labute approximate surface area is 153 Å². The van der Waals surface area contributed by atoms with Crippen LogP contribution in [-0.2, 0) is 0 Å². The Morgan fingerprint density at radius 2 is 1.96 bits per heavy atom. The molecule has 0 bridgehead atoms. The van der Waals surface area contributed by atoms with Crippen molar-refractivity contribution < 1.29 is 0 Å². The van der Waals surface area contributed by atoms with E-state index in [0.29, 0.717) is 6.04 Å². The number of unbranched alkanes of at least 4 members (excludes halogenated alkanes) is 2. The van der Waals surface area contributed by atoms with Gasteiger partial charge in [0.25, 0.3) is 0 Å². The van der Waals surface area contributed by atoms with Gasteiger partial charge in [-0.25, -0.2) is 0 Å². The van der Waals surface area contributed by atoms with Gasteiger partial charge < -0.3 is 15.5 Å². The Hall–Kier alpha value is -0.420. The molecule has 0 radical (unpaired) electrons. The molecule has 0 spiro atoms. The summed E-state index contributed by atoms with van der Waals surface area (Å²) >= 11 is 2.01. The van der Waals surface area contributed by atoms with Crippen molar-refractivity contribution in [3.8, 4) is 0 Å². The molecule has 2 aliphatic rings. The van der Waals surface area contributed by atoms with E-state index in [4.69, 9.17) is 4.99 Å². The van der Waals surface area contributed by atoms with Crippen LogP contribution < -0.4 is 10.6 Å². The average Bonchev–Trinajstić information content (AvgIpc) is 3.06. The van der Waals surface area contributed by atoms with Gasteiger partial charge in [0.1, 0.15) is 0 Å². The van der Waals surface area contributed by atoms with Crippen molar-refractivity contribution in [2.75, 3.05) is 39.0 Å². The monoisotopic (exact) mass is 354 g/mol. The fraction of sp³-hybridized carbons (Fsp3) is 0.947. The summed E-state index contributed by atoms with van der Waals surface area (Å²) in [7, 11) is 0. The van der Waals surface area contributed by atoms with Crippen LogP contribution in [0.4, 0.5) is 0 Å². The largest absolute Gasteiger partial charge is 0.357 e. The standard InChI is InChI=1S/C19H38N4S/c1-3-20-19(22-17-10-11-18(16-17)24-2)21-12-6-4-7-13-23-14-8-5-9-15-23/h17-18H,3-16H2,1-2H3,(H2,20,21,22).